The number of fused-ring (bicyclic) bond motifs is 1. The minimum absolute atomic E-state index is 0.0358. The van der Waals surface area contributed by atoms with Crippen molar-refractivity contribution in [3.8, 4) is 11.5 Å². The number of hydrogen-bond acceptors (Lipinski definition) is 6. The monoisotopic (exact) mass is 398 g/mol. The van der Waals surface area contributed by atoms with E-state index in [4.69, 9.17) is 9.47 Å². The largest absolute Gasteiger partial charge is 0.482 e. The number of carbonyl (C=O) groups excluding carboxylic acids is 2. The zero-order valence-corrected chi connectivity index (χ0v) is 16.7. The zero-order chi connectivity index (χ0) is 21.3. The Bertz CT molecular complexity index is 993. The first-order valence-corrected chi connectivity index (χ1v) is 9.09. The highest BCUT2D eigenvalue weighted by molar-refractivity contribution is 6.01. The van der Waals surface area contributed by atoms with E-state index in [-0.39, 0.29) is 29.9 Å². The summed E-state index contributed by atoms with van der Waals surface area (Å²) < 4.78 is 10.7. The van der Waals surface area contributed by atoms with Crippen LogP contribution in [0.25, 0.3) is 0 Å². The van der Waals surface area contributed by atoms with Crippen LogP contribution in [0.3, 0.4) is 0 Å². The molecule has 2 aromatic carbocycles. The smallest absolute Gasteiger partial charge is 0.331 e. The fraction of sp³-hybridized carbons (Fsp3) is 0.333. The maximum Gasteiger partial charge on any atom is 0.331 e. The number of nitro benzene ring substituents is 1. The van der Waals surface area contributed by atoms with Crippen molar-refractivity contribution in [2.24, 2.45) is 0 Å². The molecule has 1 amide bonds. The van der Waals surface area contributed by atoms with Gasteiger partial charge in [-0.05, 0) is 35.6 Å². The van der Waals surface area contributed by atoms with Crippen molar-refractivity contribution in [1.29, 1.82) is 0 Å². The summed E-state index contributed by atoms with van der Waals surface area (Å²) in [6, 6.07) is 9.49. The van der Waals surface area contributed by atoms with E-state index in [9.17, 15) is 19.7 Å². The molecule has 1 heterocycles. The minimum atomic E-state index is -0.649. The van der Waals surface area contributed by atoms with Gasteiger partial charge < -0.3 is 9.47 Å². The number of nitrogens with zero attached hydrogens (tertiary/aromatic N) is 2. The third-order valence-corrected chi connectivity index (χ3v) is 4.65. The van der Waals surface area contributed by atoms with Crippen LogP contribution in [0.4, 0.5) is 11.4 Å². The molecule has 0 atom stereocenters. The van der Waals surface area contributed by atoms with Crippen LogP contribution in [0.15, 0.2) is 36.4 Å². The Hall–Kier alpha value is -3.42. The van der Waals surface area contributed by atoms with E-state index >= 15 is 0 Å². The number of hydrogen-bond donors (Lipinski definition) is 0. The molecule has 8 nitrogen and oxygen atoms in total. The molecular weight excluding hydrogens is 376 g/mol. The Balaban J connectivity index is 1.80. The summed E-state index contributed by atoms with van der Waals surface area (Å²) in [6.07, 6.45) is 0. The Morgan fingerprint density at radius 2 is 1.97 bits per heavy atom. The molecule has 3 rings (SSSR count). The maximum atomic E-state index is 12.5. The van der Waals surface area contributed by atoms with Crippen LogP contribution in [0.5, 0.6) is 11.5 Å². The summed E-state index contributed by atoms with van der Waals surface area (Å²) in [5.41, 5.74) is 1.85. The lowest BCUT2D eigenvalue weighted by Gasteiger charge is -2.28. The second-order valence-corrected chi connectivity index (χ2v) is 7.88. The minimum Gasteiger partial charge on any atom is -0.482 e. The summed E-state index contributed by atoms with van der Waals surface area (Å²) >= 11 is 0. The zero-order valence-electron chi connectivity index (χ0n) is 16.7. The normalized spacial score (nSPS) is 13.5. The van der Waals surface area contributed by atoms with Crippen LogP contribution in [-0.4, -0.2) is 30.0 Å². The highest BCUT2D eigenvalue weighted by atomic mass is 16.6. The SMILES string of the molecule is Cc1cc(C(C)(C)C)ccc1OC(=O)CN1C(=O)COc2ccc([N+](=O)[O-])cc21. The summed E-state index contributed by atoms with van der Waals surface area (Å²) in [7, 11) is 0. The number of anilines is 1. The first-order valence-electron chi connectivity index (χ1n) is 9.09. The van der Waals surface area contributed by atoms with Gasteiger partial charge in [-0.15, -0.1) is 0 Å². The Morgan fingerprint density at radius 1 is 1.24 bits per heavy atom. The number of esters is 1. The molecule has 8 heteroatoms. The highest BCUT2D eigenvalue weighted by Crippen LogP contribution is 2.35. The first kappa shape index (κ1) is 20.3. The lowest BCUT2D eigenvalue weighted by atomic mass is 9.86. The summed E-state index contributed by atoms with van der Waals surface area (Å²) in [6.45, 7) is 7.49. The molecule has 1 aliphatic rings. The molecule has 0 radical (unpaired) electrons. The predicted molar refractivity (Wildman–Crippen MR) is 106 cm³/mol. The van der Waals surface area contributed by atoms with Crippen LogP contribution in [-0.2, 0) is 15.0 Å². The van der Waals surface area contributed by atoms with E-state index in [1.165, 1.54) is 18.2 Å². The maximum absolute atomic E-state index is 12.5. The molecule has 152 valence electrons. The molecule has 0 saturated carbocycles. The van der Waals surface area contributed by atoms with Gasteiger partial charge in [0.15, 0.2) is 6.61 Å². The van der Waals surface area contributed by atoms with Gasteiger partial charge in [0, 0.05) is 12.1 Å². The molecule has 1 aliphatic heterocycles. The van der Waals surface area contributed by atoms with Crippen molar-refractivity contribution in [3.05, 3.63) is 57.6 Å². The topological polar surface area (TPSA) is 99.0 Å². The van der Waals surface area contributed by atoms with E-state index in [0.29, 0.717) is 11.5 Å². The molecule has 0 spiro atoms. The molecule has 0 saturated heterocycles. The number of amides is 1. The fourth-order valence-corrected chi connectivity index (χ4v) is 2.99. The lowest BCUT2D eigenvalue weighted by Crippen LogP contribution is -2.43. The van der Waals surface area contributed by atoms with Crippen LogP contribution in [0, 0.1) is 17.0 Å². The third kappa shape index (κ3) is 4.37. The van der Waals surface area contributed by atoms with Gasteiger partial charge >= 0.3 is 5.97 Å². The van der Waals surface area contributed by atoms with E-state index < -0.39 is 16.8 Å². The number of carbonyl (C=O) groups is 2. The number of rotatable bonds is 4. The Morgan fingerprint density at radius 3 is 2.59 bits per heavy atom. The van der Waals surface area contributed by atoms with Gasteiger partial charge in [0.1, 0.15) is 18.0 Å². The Labute approximate surface area is 168 Å². The average molecular weight is 398 g/mol. The van der Waals surface area contributed by atoms with Gasteiger partial charge in [0.05, 0.1) is 10.6 Å². The van der Waals surface area contributed by atoms with Gasteiger partial charge in [0.25, 0.3) is 11.6 Å². The summed E-state index contributed by atoms with van der Waals surface area (Å²) in [5, 5.41) is 11.0. The highest BCUT2D eigenvalue weighted by Gasteiger charge is 2.30. The van der Waals surface area contributed by atoms with Crippen LogP contribution in [0.1, 0.15) is 31.9 Å². The average Bonchev–Trinajstić information content (AvgIpc) is 2.64. The van der Waals surface area contributed by atoms with Gasteiger partial charge in [0.2, 0.25) is 0 Å². The molecule has 0 fully saturated rings. The fourth-order valence-electron chi connectivity index (χ4n) is 2.99. The van der Waals surface area contributed by atoms with Crippen molar-refractivity contribution in [2.75, 3.05) is 18.1 Å². The van der Waals surface area contributed by atoms with Gasteiger partial charge in [-0.3, -0.25) is 19.8 Å². The van der Waals surface area contributed by atoms with Gasteiger partial charge in [-0.2, -0.15) is 0 Å². The van der Waals surface area contributed by atoms with Crippen LogP contribution < -0.4 is 14.4 Å². The van der Waals surface area contributed by atoms with E-state index in [2.05, 4.69) is 20.8 Å². The van der Waals surface area contributed by atoms with Crippen molar-refractivity contribution in [1.82, 2.24) is 0 Å². The van der Waals surface area contributed by atoms with Crippen molar-refractivity contribution in [3.63, 3.8) is 0 Å². The van der Waals surface area contributed by atoms with Crippen molar-refractivity contribution < 1.29 is 24.0 Å². The standard InChI is InChI=1S/C21H22N2O6/c1-13-9-14(21(2,3)4)5-7-17(13)29-20(25)11-22-16-10-15(23(26)27)6-8-18(16)28-12-19(22)24/h5-10H,11-12H2,1-4H3. The Kier molecular flexibility index (Phi) is 5.28. The van der Waals surface area contributed by atoms with E-state index in [1.807, 2.05) is 19.1 Å². The molecule has 29 heavy (non-hydrogen) atoms. The number of nitro groups is 1. The van der Waals surface area contributed by atoms with Crippen molar-refractivity contribution in [2.45, 2.75) is 33.1 Å². The number of ether oxygens (including phenoxy) is 2. The number of non-ortho nitro benzene ring substituents is 1. The van der Waals surface area contributed by atoms with Crippen LogP contribution in [0.2, 0.25) is 0 Å². The summed E-state index contributed by atoms with van der Waals surface area (Å²) in [4.78, 5) is 36.4. The molecule has 0 aromatic heterocycles. The van der Waals surface area contributed by atoms with Crippen molar-refractivity contribution >= 4 is 23.3 Å². The number of aryl methyl sites for hydroxylation is 1. The van der Waals surface area contributed by atoms with E-state index in [1.54, 1.807) is 6.07 Å². The third-order valence-electron chi connectivity index (χ3n) is 4.65. The predicted octanol–water partition coefficient (Wildman–Crippen LogP) is 3.53. The summed E-state index contributed by atoms with van der Waals surface area (Å²) in [5.74, 6) is -0.421. The quantitative estimate of drug-likeness (QED) is 0.338. The molecular formula is C21H22N2O6. The molecule has 0 N–H and O–H groups in total. The second kappa shape index (κ2) is 7.54. The lowest BCUT2D eigenvalue weighted by molar-refractivity contribution is -0.384. The first-order chi connectivity index (χ1) is 13.6. The second-order valence-electron chi connectivity index (χ2n) is 7.88. The molecule has 0 bridgehead atoms. The number of benzene rings is 2. The molecule has 0 aliphatic carbocycles. The van der Waals surface area contributed by atoms with E-state index in [0.717, 1.165) is 16.0 Å². The van der Waals surface area contributed by atoms with Crippen LogP contribution >= 0.6 is 0 Å². The van der Waals surface area contributed by atoms with Gasteiger partial charge in [-0.1, -0.05) is 32.9 Å². The van der Waals surface area contributed by atoms with Gasteiger partial charge in [-0.25, -0.2) is 4.79 Å². The molecule has 2 aromatic rings. The molecule has 0 unspecified atom stereocenters.